The van der Waals surface area contributed by atoms with E-state index >= 15 is 0 Å². The Morgan fingerprint density at radius 3 is 2.92 bits per heavy atom. The third kappa shape index (κ3) is 2.01. The first-order valence-corrected chi connectivity index (χ1v) is 3.98. The smallest absolute Gasteiger partial charge is 0.104 e. The van der Waals surface area contributed by atoms with Gasteiger partial charge in [-0.3, -0.25) is 0 Å². The van der Waals surface area contributed by atoms with Crippen LogP contribution in [0, 0.1) is 18.8 Å². The van der Waals surface area contributed by atoms with E-state index in [0.29, 0.717) is 5.02 Å². The van der Waals surface area contributed by atoms with Gasteiger partial charge in [-0.2, -0.15) is 0 Å². The van der Waals surface area contributed by atoms with Crippen LogP contribution in [0.15, 0.2) is 18.2 Å². The molecule has 62 valence electrons. The third-order valence-electron chi connectivity index (χ3n) is 1.57. The molecule has 1 nitrogen and oxygen atoms in total. The minimum atomic E-state index is -0.119. The zero-order valence-electron chi connectivity index (χ0n) is 6.76. The minimum Gasteiger partial charge on any atom is -0.384 e. The predicted octanol–water partition coefficient (Wildman–Crippen LogP) is 1.99. The van der Waals surface area contributed by atoms with Crippen molar-refractivity contribution in [2.45, 2.75) is 6.92 Å². The second kappa shape index (κ2) is 4.15. The molecule has 0 unspecified atom stereocenters. The first kappa shape index (κ1) is 9.12. The number of rotatable bonds is 0. The van der Waals surface area contributed by atoms with Crippen LogP contribution in [0.3, 0.4) is 0 Å². The normalized spacial score (nSPS) is 8.92. The summed E-state index contributed by atoms with van der Waals surface area (Å²) in [4.78, 5) is 0. The van der Waals surface area contributed by atoms with Crippen LogP contribution in [0.5, 0.6) is 0 Å². The fourth-order valence-corrected chi connectivity index (χ4v) is 1.05. The SMILES string of the molecule is Cc1c(Cl)cccc1C#CCO. The van der Waals surface area contributed by atoms with Gasteiger partial charge < -0.3 is 5.11 Å². The van der Waals surface area contributed by atoms with Crippen LogP contribution in [0.4, 0.5) is 0 Å². The standard InChI is InChI=1S/C10H9ClO/c1-8-9(5-3-7-12)4-2-6-10(8)11/h2,4,6,12H,7H2,1H3. The molecule has 0 amide bonds. The Labute approximate surface area is 77.0 Å². The van der Waals surface area contributed by atoms with E-state index in [2.05, 4.69) is 11.8 Å². The van der Waals surface area contributed by atoms with Crippen molar-refractivity contribution < 1.29 is 5.11 Å². The molecule has 1 N–H and O–H groups in total. The van der Waals surface area contributed by atoms with Crippen molar-refractivity contribution in [3.05, 3.63) is 34.3 Å². The fourth-order valence-electron chi connectivity index (χ4n) is 0.878. The van der Waals surface area contributed by atoms with E-state index in [1.807, 2.05) is 25.1 Å². The van der Waals surface area contributed by atoms with Crippen LogP contribution in [0.1, 0.15) is 11.1 Å². The number of aliphatic hydroxyl groups is 1. The maximum atomic E-state index is 8.48. The average Bonchev–Trinajstić information content (AvgIpc) is 2.08. The molecule has 0 radical (unpaired) electrons. The molecule has 1 aromatic carbocycles. The Hall–Kier alpha value is -0.970. The molecule has 0 aromatic heterocycles. The van der Waals surface area contributed by atoms with Gasteiger partial charge in [-0.25, -0.2) is 0 Å². The van der Waals surface area contributed by atoms with Crippen molar-refractivity contribution in [1.29, 1.82) is 0 Å². The molecule has 0 fully saturated rings. The molecule has 0 saturated heterocycles. The van der Waals surface area contributed by atoms with Gasteiger partial charge in [0, 0.05) is 10.6 Å². The minimum absolute atomic E-state index is 0.119. The van der Waals surface area contributed by atoms with Crippen LogP contribution in [0.25, 0.3) is 0 Å². The van der Waals surface area contributed by atoms with Crippen LogP contribution in [0.2, 0.25) is 5.02 Å². The number of aliphatic hydroxyl groups excluding tert-OH is 1. The Bertz CT molecular complexity index is 333. The summed E-state index contributed by atoms with van der Waals surface area (Å²) < 4.78 is 0. The van der Waals surface area contributed by atoms with Gasteiger partial charge in [0.2, 0.25) is 0 Å². The zero-order valence-corrected chi connectivity index (χ0v) is 7.52. The third-order valence-corrected chi connectivity index (χ3v) is 1.98. The van der Waals surface area contributed by atoms with E-state index in [1.165, 1.54) is 0 Å². The highest BCUT2D eigenvalue weighted by Gasteiger charge is 1.97. The quantitative estimate of drug-likeness (QED) is 0.606. The topological polar surface area (TPSA) is 20.2 Å². The second-order valence-corrected chi connectivity index (χ2v) is 2.78. The molecule has 1 rings (SSSR count). The second-order valence-electron chi connectivity index (χ2n) is 2.37. The molecule has 0 spiro atoms. The Kier molecular flexibility index (Phi) is 3.16. The van der Waals surface area contributed by atoms with E-state index in [4.69, 9.17) is 16.7 Å². The van der Waals surface area contributed by atoms with Gasteiger partial charge in [-0.1, -0.05) is 29.5 Å². The molecule has 0 saturated carbocycles. The largest absolute Gasteiger partial charge is 0.384 e. The summed E-state index contributed by atoms with van der Waals surface area (Å²) in [5.41, 5.74) is 1.83. The zero-order chi connectivity index (χ0) is 8.97. The molecule has 0 bridgehead atoms. The van der Waals surface area contributed by atoms with Crippen molar-refractivity contribution in [3.8, 4) is 11.8 Å². The highest BCUT2D eigenvalue weighted by atomic mass is 35.5. The maximum absolute atomic E-state index is 8.48. The van der Waals surface area contributed by atoms with Crippen molar-refractivity contribution >= 4 is 11.6 Å². The molecule has 0 aliphatic rings. The van der Waals surface area contributed by atoms with Crippen LogP contribution in [-0.2, 0) is 0 Å². The first-order valence-electron chi connectivity index (χ1n) is 3.60. The molecule has 0 aliphatic carbocycles. The van der Waals surface area contributed by atoms with Gasteiger partial charge in [-0.05, 0) is 24.6 Å². The monoisotopic (exact) mass is 180 g/mol. The van der Waals surface area contributed by atoms with E-state index < -0.39 is 0 Å². The lowest BCUT2D eigenvalue weighted by molar-refractivity contribution is 0.350. The van der Waals surface area contributed by atoms with Crippen LogP contribution < -0.4 is 0 Å². The van der Waals surface area contributed by atoms with E-state index in [-0.39, 0.29) is 6.61 Å². The average molecular weight is 181 g/mol. The summed E-state index contributed by atoms with van der Waals surface area (Å²) in [5.74, 6) is 5.40. The molecule has 2 heteroatoms. The van der Waals surface area contributed by atoms with E-state index in [1.54, 1.807) is 0 Å². The van der Waals surface area contributed by atoms with Crippen molar-refractivity contribution in [2.24, 2.45) is 0 Å². The molecule has 1 aromatic rings. The number of benzene rings is 1. The summed E-state index contributed by atoms with van der Waals surface area (Å²) in [6.07, 6.45) is 0. The predicted molar refractivity (Wildman–Crippen MR) is 50.2 cm³/mol. The van der Waals surface area contributed by atoms with Crippen molar-refractivity contribution in [2.75, 3.05) is 6.61 Å². The van der Waals surface area contributed by atoms with Gasteiger partial charge in [0.05, 0.1) is 0 Å². The summed E-state index contributed by atoms with van der Waals surface area (Å²) in [7, 11) is 0. The highest BCUT2D eigenvalue weighted by molar-refractivity contribution is 6.31. The van der Waals surface area contributed by atoms with Gasteiger partial charge in [0.1, 0.15) is 6.61 Å². The van der Waals surface area contributed by atoms with Crippen molar-refractivity contribution in [3.63, 3.8) is 0 Å². The maximum Gasteiger partial charge on any atom is 0.104 e. The molecule has 0 atom stereocenters. The summed E-state index contributed by atoms with van der Waals surface area (Å²) >= 11 is 5.86. The van der Waals surface area contributed by atoms with E-state index in [0.717, 1.165) is 11.1 Å². The van der Waals surface area contributed by atoms with Gasteiger partial charge in [-0.15, -0.1) is 0 Å². The van der Waals surface area contributed by atoms with Gasteiger partial charge in [0.25, 0.3) is 0 Å². The molecular weight excluding hydrogens is 172 g/mol. The molecule has 0 heterocycles. The number of hydrogen-bond donors (Lipinski definition) is 1. The van der Waals surface area contributed by atoms with Gasteiger partial charge >= 0.3 is 0 Å². The molecular formula is C10H9ClO. The molecule has 0 aliphatic heterocycles. The number of halogens is 1. The van der Waals surface area contributed by atoms with E-state index in [9.17, 15) is 0 Å². The van der Waals surface area contributed by atoms with Crippen LogP contribution in [-0.4, -0.2) is 11.7 Å². The summed E-state index contributed by atoms with van der Waals surface area (Å²) in [6.45, 7) is 1.79. The highest BCUT2D eigenvalue weighted by Crippen LogP contribution is 2.17. The fraction of sp³-hybridized carbons (Fsp3) is 0.200. The van der Waals surface area contributed by atoms with Gasteiger partial charge in [0.15, 0.2) is 0 Å². The Morgan fingerprint density at radius 1 is 1.50 bits per heavy atom. The Balaban J connectivity index is 3.08. The Morgan fingerprint density at radius 2 is 2.25 bits per heavy atom. The molecule has 12 heavy (non-hydrogen) atoms. The van der Waals surface area contributed by atoms with Crippen LogP contribution >= 0.6 is 11.6 Å². The lowest BCUT2D eigenvalue weighted by atomic mass is 10.1. The summed E-state index contributed by atoms with van der Waals surface area (Å²) in [5, 5.41) is 9.19. The lowest BCUT2D eigenvalue weighted by Gasteiger charge is -1.98. The first-order chi connectivity index (χ1) is 5.75. The summed E-state index contributed by atoms with van der Waals surface area (Å²) in [6, 6.07) is 5.54. The lowest BCUT2D eigenvalue weighted by Crippen LogP contribution is -1.83. The number of hydrogen-bond acceptors (Lipinski definition) is 1. The van der Waals surface area contributed by atoms with Crippen molar-refractivity contribution in [1.82, 2.24) is 0 Å².